The predicted octanol–water partition coefficient (Wildman–Crippen LogP) is -0.500. The van der Waals surface area contributed by atoms with Crippen molar-refractivity contribution in [1.29, 1.82) is 0 Å². The molecule has 14 heavy (non-hydrogen) atoms. The average Bonchev–Trinajstić information content (AvgIpc) is 2.44. The summed E-state index contributed by atoms with van der Waals surface area (Å²) in [6.45, 7) is 0. The van der Waals surface area contributed by atoms with Crippen LogP contribution in [0.5, 0.6) is 0 Å². The maximum Gasteiger partial charge on any atom is 0.256 e. The van der Waals surface area contributed by atoms with Crippen molar-refractivity contribution >= 4 is 11.6 Å². The zero-order valence-corrected chi connectivity index (χ0v) is 7.15. The van der Waals surface area contributed by atoms with Gasteiger partial charge in [0.25, 0.3) is 5.91 Å². The summed E-state index contributed by atoms with van der Waals surface area (Å²) >= 11 is 0. The summed E-state index contributed by atoms with van der Waals surface area (Å²) in [6.07, 6.45) is 0.990. The molecule has 5 heteroatoms. The molecule has 0 spiro atoms. The van der Waals surface area contributed by atoms with Crippen molar-refractivity contribution in [3.05, 3.63) is 46.8 Å². The molecule has 0 bridgehead atoms. The van der Waals surface area contributed by atoms with Crippen LogP contribution in [0.25, 0.3) is 5.70 Å². The number of hydrogen-bond donors (Lipinski definition) is 3. The highest BCUT2D eigenvalue weighted by Gasteiger charge is 2.23. The molecule has 1 aromatic carbocycles. The minimum Gasteiger partial charge on any atom is -0.595 e. The van der Waals surface area contributed by atoms with Crippen molar-refractivity contribution in [2.75, 3.05) is 0 Å². The lowest BCUT2D eigenvalue weighted by Gasteiger charge is -2.06. The van der Waals surface area contributed by atoms with Gasteiger partial charge in [-0.2, -0.15) is 5.23 Å². The number of quaternary nitrogens is 1. The number of fused-ring (bicyclic) bond motifs is 1. The molecule has 1 aromatic rings. The minimum atomic E-state index is -1.07. The molecule has 1 heterocycles. The zero-order chi connectivity index (χ0) is 10.1. The number of benzene rings is 1. The molecule has 1 aliphatic heterocycles. The fourth-order valence-corrected chi connectivity index (χ4v) is 1.41. The molecule has 0 aliphatic carbocycles. The van der Waals surface area contributed by atoms with Crippen molar-refractivity contribution in [3.63, 3.8) is 0 Å². The van der Waals surface area contributed by atoms with Gasteiger partial charge in [-0.3, -0.25) is 4.79 Å². The lowest BCUT2D eigenvalue weighted by Crippen LogP contribution is -2.99. The molecule has 0 fully saturated rings. The van der Waals surface area contributed by atoms with Crippen molar-refractivity contribution < 1.29 is 15.2 Å². The molecule has 1 aliphatic rings. The van der Waals surface area contributed by atoms with Crippen LogP contribution in [0.15, 0.2) is 30.5 Å². The first-order valence-electron chi connectivity index (χ1n) is 4.04. The highest BCUT2D eigenvalue weighted by Crippen LogP contribution is 2.22. The van der Waals surface area contributed by atoms with Crippen molar-refractivity contribution in [3.8, 4) is 0 Å². The Bertz CT molecular complexity index is 412. The van der Waals surface area contributed by atoms with E-state index in [9.17, 15) is 10.0 Å². The van der Waals surface area contributed by atoms with Gasteiger partial charge >= 0.3 is 0 Å². The molecule has 0 radical (unpaired) electrons. The van der Waals surface area contributed by atoms with Crippen LogP contribution in [0.2, 0.25) is 0 Å². The largest absolute Gasteiger partial charge is 0.595 e. The number of carbonyl (C=O) groups excluding carboxylic acids is 1. The van der Waals surface area contributed by atoms with Gasteiger partial charge in [0.2, 0.25) is 0 Å². The van der Waals surface area contributed by atoms with Gasteiger partial charge in [0.05, 0.1) is 0 Å². The second kappa shape index (κ2) is 3.22. The van der Waals surface area contributed by atoms with E-state index in [0.717, 1.165) is 6.20 Å². The normalized spacial score (nSPS) is 19.3. The third-order valence-corrected chi connectivity index (χ3v) is 1.98. The Kier molecular flexibility index (Phi) is 2.05. The number of hydrogen-bond acceptors (Lipinski definition) is 3. The first-order valence-corrected chi connectivity index (χ1v) is 4.04. The smallest absolute Gasteiger partial charge is 0.256 e. The molecular weight excluding hydrogens is 184 g/mol. The fraction of sp³-hybridized carbons (Fsp3) is 0. The summed E-state index contributed by atoms with van der Waals surface area (Å²) < 4.78 is 0. The van der Waals surface area contributed by atoms with Gasteiger partial charge in [0.1, 0.15) is 5.70 Å². The molecule has 2 rings (SSSR count). The van der Waals surface area contributed by atoms with E-state index in [2.05, 4.69) is 5.32 Å². The lowest BCUT2D eigenvalue weighted by molar-refractivity contribution is -1.00. The first kappa shape index (κ1) is 8.89. The van der Waals surface area contributed by atoms with E-state index in [4.69, 9.17) is 5.21 Å². The van der Waals surface area contributed by atoms with E-state index in [-0.39, 0.29) is 5.91 Å². The van der Waals surface area contributed by atoms with Crippen LogP contribution in [0.4, 0.5) is 0 Å². The Morgan fingerprint density at radius 3 is 2.64 bits per heavy atom. The van der Waals surface area contributed by atoms with Crippen LogP contribution in [-0.2, 0) is 0 Å². The Morgan fingerprint density at radius 2 is 2.00 bits per heavy atom. The monoisotopic (exact) mass is 192 g/mol. The van der Waals surface area contributed by atoms with Crippen LogP contribution < -0.4 is 10.5 Å². The van der Waals surface area contributed by atoms with E-state index in [1.807, 2.05) is 0 Å². The molecule has 72 valence electrons. The number of hydroxylamine groups is 2. The van der Waals surface area contributed by atoms with E-state index >= 15 is 0 Å². The molecule has 5 nitrogen and oxygen atoms in total. The van der Waals surface area contributed by atoms with Crippen LogP contribution in [0.3, 0.4) is 0 Å². The molecule has 0 saturated heterocycles. The molecular formula is C9H8N2O3. The molecule has 1 amide bonds. The summed E-state index contributed by atoms with van der Waals surface area (Å²) in [7, 11) is 0. The Labute approximate surface area is 79.8 Å². The predicted molar refractivity (Wildman–Crippen MR) is 48.0 cm³/mol. The number of carbonyl (C=O) groups is 1. The third-order valence-electron chi connectivity index (χ3n) is 1.98. The van der Waals surface area contributed by atoms with Crippen molar-refractivity contribution in [1.82, 2.24) is 5.32 Å². The Balaban J connectivity index is 2.49. The van der Waals surface area contributed by atoms with Gasteiger partial charge in [-0.05, 0) is 6.07 Å². The van der Waals surface area contributed by atoms with E-state index < -0.39 is 5.23 Å². The number of nitrogens with one attached hydrogen (secondary N) is 2. The first-order chi connectivity index (χ1) is 6.68. The Morgan fingerprint density at radius 1 is 1.36 bits per heavy atom. The molecule has 1 atom stereocenters. The van der Waals surface area contributed by atoms with Gasteiger partial charge in [-0.1, -0.05) is 18.2 Å². The van der Waals surface area contributed by atoms with Crippen LogP contribution in [0.1, 0.15) is 15.9 Å². The quantitative estimate of drug-likeness (QED) is 0.525. The van der Waals surface area contributed by atoms with E-state index in [0.29, 0.717) is 16.8 Å². The number of rotatable bonds is 1. The number of amides is 1. The van der Waals surface area contributed by atoms with Crippen molar-refractivity contribution in [2.45, 2.75) is 0 Å². The fourth-order valence-electron chi connectivity index (χ4n) is 1.41. The zero-order valence-electron chi connectivity index (χ0n) is 7.15. The topological polar surface area (TPSA) is 76.8 Å². The summed E-state index contributed by atoms with van der Waals surface area (Å²) in [6, 6.07) is 6.87. The standard InChI is InChI=1S/C9H8N2O3/c12-9-7-4-2-1-3-6(7)8(10-9)5-11(13)14/h1-5,11,13H,(H,10,12)/b8-5-. The van der Waals surface area contributed by atoms with Gasteiger partial charge in [-0.25, -0.2) is 5.21 Å². The van der Waals surface area contributed by atoms with Gasteiger partial charge < -0.3 is 10.5 Å². The van der Waals surface area contributed by atoms with E-state index in [1.54, 1.807) is 24.3 Å². The molecule has 0 aromatic heterocycles. The maximum atomic E-state index is 11.3. The van der Waals surface area contributed by atoms with Crippen LogP contribution >= 0.6 is 0 Å². The summed E-state index contributed by atoms with van der Waals surface area (Å²) in [5.74, 6) is -0.256. The second-order valence-corrected chi connectivity index (χ2v) is 2.90. The summed E-state index contributed by atoms with van der Waals surface area (Å²) in [4.78, 5) is 11.3. The SMILES string of the molecule is O=C1N/C(=C\[NH+]([O-])O)c2ccccc21. The van der Waals surface area contributed by atoms with Gasteiger partial charge in [0.15, 0.2) is 6.20 Å². The summed E-state index contributed by atoms with van der Waals surface area (Å²) in [5.41, 5.74) is 1.50. The highest BCUT2D eigenvalue weighted by molar-refractivity contribution is 6.08. The minimum absolute atomic E-state index is 0.256. The summed E-state index contributed by atoms with van der Waals surface area (Å²) in [5, 5.41) is 20.4. The third kappa shape index (κ3) is 1.39. The Hall–Kier alpha value is -1.69. The molecule has 1 unspecified atom stereocenters. The average molecular weight is 192 g/mol. The maximum absolute atomic E-state index is 11.3. The van der Waals surface area contributed by atoms with Crippen LogP contribution in [-0.4, -0.2) is 11.1 Å². The second-order valence-electron chi connectivity index (χ2n) is 2.90. The van der Waals surface area contributed by atoms with Gasteiger partial charge in [-0.15, -0.1) is 0 Å². The van der Waals surface area contributed by atoms with Gasteiger partial charge in [0, 0.05) is 11.1 Å². The van der Waals surface area contributed by atoms with Crippen LogP contribution in [0, 0.1) is 5.21 Å². The highest BCUT2D eigenvalue weighted by atomic mass is 16.8. The molecule has 0 saturated carbocycles. The van der Waals surface area contributed by atoms with E-state index in [1.165, 1.54) is 0 Å². The molecule has 3 N–H and O–H groups in total. The van der Waals surface area contributed by atoms with Crippen molar-refractivity contribution in [2.24, 2.45) is 0 Å². The lowest BCUT2D eigenvalue weighted by atomic mass is 10.1.